The van der Waals surface area contributed by atoms with Gasteiger partial charge in [-0.3, -0.25) is 9.69 Å². The van der Waals surface area contributed by atoms with Crippen LogP contribution < -0.4 is 5.32 Å². The highest BCUT2D eigenvalue weighted by molar-refractivity contribution is 5.78. The van der Waals surface area contributed by atoms with E-state index in [1.54, 1.807) is 0 Å². The number of nitrogens with one attached hydrogen (secondary N) is 1. The van der Waals surface area contributed by atoms with Gasteiger partial charge in [-0.05, 0) is 57.7 Å². The lowest BCUT2D eigenvalue weighted by Crippen LogP contribution is -2.53. The molecule has 7 nitrogen and oxygen atoms in total. The summed E-state index contributed by atoms with van der Waals surface area (Å²) in [6.07, 6.45) is 5.89. The summed E-state index contributed by atoms with van der Waals surface area (Å²) in [6, 6.07) is 0.0489. The van der Waals surface area contributed by atoms with Crippen molar-refractivity contribution in [2.75, 3.05) is 72.0 Å². The summed E-state index contributed by atoms with van der Waals surface area (Å²) < 4.78 is 0. The maximum atomic E-state index is 12.3. The third-order valence-corrected chi connectivity index (χ3v) is 6.28. The molecule has 154 valence electrons. The van der Waals surface area contributed by atoms with Crippen LogP contribution >= 0.6 is 0 Å². The van der Waals surface area contributed by atoms with Crippen molar-refractivity contribution in [3.8, 4) is 0 Å². The smallest absolute Gasteiger partial charge is 0.317 e. The Bertz CT molecular complexity index is 479. The van der Waals surface area contributed by atoms with Crippen molar-refractivity contribution in [1.29, 1.82) is 0 Å². The molecule has 3 aliphatic rings. The van der Waals surface area contributed by atoms with Crippen molar-refractivity contribution in [3.63, 3.8) is 0 Å². The van der Waals surface area contributed by atoms with Gasteiger partial charge in [-0.25, -0.2) is 4.79 Å². The zero-order valence-corrected chi connectivity index (χ0v) is 17.0. The first-order valence-corrected chi connectivity index (χ1v) is 10.9. The largest absolute Gasteiger partial charge is 0.342 e. The molecule has 0 saturated carbocycles. The molecule has 27 heavy (non-hydrogen) atoms. The Kier molecular flexibility index (Phi) is 7.76. The van der Waals surface area contributed by atoms with Crippen LogP contribution in [0.2, 0.25) is 0 Å². The van der Waals surface area contributed by atoms with E-state index in [2.05, 4.69) is 22.0 Å². The van der Waals surface area contributed by atoms with Gasteiger partial charge in [0.05, 0.1) is 6.54 Å². The van der Waals surface area contributed by atoms with Crippen LogP contribution in [0.1, 0.15) is 39.0 Å². The topological polar surface area (TPSA) is 59.1 Å². The SMILES string of the molecule is CC1CCN(CCCNC(=O)N2CCN(CC(=O)N3CCCC3)CC2)CC1. The Morgan fingerprint density at radius 1 is 0.852 bits per heavy atom. The minimum absolute atomic E-state index is 0.0489. The van der Waals surface area contributed by atoms with E-state index in [0.717, 1.165) is 64.4 Å². The summed E-state index contributed by atoms with van der Waals surface area (Å²) in [4.78, 5) is 33.1. The van der Waals surface area contributed by atoms with Gasteiger partial charge in [0.2, 0.25) is 5.91 Å². The molecule has 3 heterocycles. The van der Waals surface area contributed by atoms with Crippen LogP contribution in [-0.2, 0) is 4.79 Å². The highest BCUT2D eigenvalue weighted by Gasteiger charge is 2.25. The first kappa shape index (κ1) is 20.4. The molecule has 3 amide bonds. The fourth-order valence-electron chi connectivity index (χ4n) is 4.26. The van der Waals surface area contributed by atoms with Crippen LogP contribution in [0.25, 0.3) is 0 Å². The molecule has 3 aliphatic heterocycles. The Balaban J connectivity index is 1.25. The molecule has 0 unspecified atom stereocenters. The lowest BCUT2D eigenvalue weighted by molar-refractivity contribution is -0.131. The van der Waals surface area contributed by atoms with E-state index < -0.39 is 0 Å². The average molecular weight is 380 g/mol. The molecule has 0 aliphatic carbocycles. The molecule has 3 saturated heterocycles. The van der Waals surface area contributed by atoms with E-state index in [-0.39, 0.29) is 11.9 Å². The number of carbonyl (C=O) groups is 2. The fraction of sp³-hybridized carbons (Fsp3) is 0.900. The van der Waals surface area contributed by atoms with Gasteiger partial charge >= 0.3 is 6.03 Å². The number of piperazine rings is 1. The predicted molar refractivity (Wildman–Crippen MR) is 107 cm³/mol. The minimum Gasteiger partial charge on any atom is -0.342 e. The van der Waals surface area contributed by atoms with Crippen molar-refractivity contribution in [2.45, 2.75) is 39.0 Å². The molecule has 3 fully saturated rings. The number of nitrogens with zero attached hydrogens (tertiary/aromatic N) is 4. The van der Waals surface area contributed by atoms with Crippen LogP contribution in [0.4, 0.5) is 4.79 Å². The second-order valence-corrected chi connectivity index (χ2v) is 8.46. The first-order chi connectivity index (χ1) is 13.1. The predicted octanol–water partition coefficient (Wildman–Crippen LogP) is 1.06. The van der Waals surface area contributed by atoms with Gasteiger partial charge in [0.1, 0.15) is 0 Å². The summed E-state index contributed by atoms with van der Waals surface area (Å²) in [7, 11) is 0. The van der Waals surface area contributed by atoms with Crippen molar-refractivity contribution in [3.05, 3.63) is 0 Å². The van der Waals surface area contributed by atoms with Gasteiger partial charge < -0.3 is 20.0 Å². The van der Waals surface area contributed by atoms with E-state index in [1.165, 1.54) is 25.9 Å². The first-order valence-electron chi connectivity index (χ1n) is 10.9. The maximum absolute atomic E-state index is 12.3. The molecule has 0 spiro atoms. The molecule has 0 aromatic heterocycles. The second-order valence-electron chi connectivity index (χ2n) is 8.46. The molecule has 0 aromatic carbocycles. The number of hydrogen-bond donors (Lipinski definition) is 1. The normalized spacial score (nSPS) is 23.0. The van der Waals surface area contributed by atoms with Crippen LogP contribution in [0, 0.1) is 5.92 Å². The van der Waals surface area contributed by atoms with Crippen molar-refractivity contribution in [2.24, 2.45) is 5.92 Å². The summed E-state index contributed by atoms with van der Waals surface area (Å²) in [5.74, 6) is 1.11. The van der Waals surface area contributed by atoms with E-state index in [0.29, 0.717) is 19.6 Å². The third-order valence-electron chi connectivity index (χ3n) is 6.28. The van der Waals surface area contributed by atoms with Crippen molar-refractivity contribution >= 4 is 11.9 Å². The minimum atomic E-state index is 0.0489. The molecule has 0 radical (unpaired) electrons. The molecule has 3 rings (SSSR count). The Morgan fingerprint density at radius 2 is 1.52 bits per heavy atom. The van der Waals surface area contributed by atoms with E-state index in [4.69, 9.17) is 0 Å². The molecule has 7 heteroatoms. The fourth-order valence-corrected chi connectivity index (χ4v) is 4.26. The molecule has 0 atom stereocenters. The number of rotatable bonds is 6. The Morgan fingerprint density at radius 3 is 2.19 bits per heavy atom. The lowest BCUT2D eigenvalue weighted by atomic mass is 9.99. The number of piperidine rings is 1. The quantitative estimate of drug-likeness (QED) is 0.701. The van der Waals surface area contributed by atoms with Crippen LogP contribution in [0.3, 0.4) is 0 Å². The summed E-state index contributed by atoms with van der Waals surface area (Å²) in [5.41, 5.74) is 0. The number of urea groups is 1. The third kappa shape index (κ3) is 6.35. The van der Waals surface area contributed by atoms with Crippen LogP contribution in [-0.4, -0.2) is 104 Å². The average Bonchev–Trinajstić information content (AvgIpc) is 3.22. The van der Waals surface area contributed by atoms with Crippen LogP contribution in [0.15, 0.2) is 0 Å². The maximum Gasteiger partial charge on any atom is 0.317 e. The van der Waals surface area contributed by atoms with Gasteiger partial charge in [-0.1, -0.05) is 6.92 Å². The number of carbonyl (C=O) groups excluding carboxylic acids is 2. The van der Waals surface area contributed by atoms with Gasteiger partial charge in [-0.2, -0.15) is 0 Å². The Hall–Kier alpha value is -1.34. The van der Waals surface area contributed by atoms with Gasteiger partial charge in [0.25, 0.3) is 0 Å². The summed E-state index contributed by atoms with van der Waals surface area (Å²) in [6.45, 7) is 11.9. The standard InChI is InChI=1S/C20H37N5O2/c1-18-5-11-22(12-6-18)8-4-7-21-20(27)25-15-13-23(14-16-25)17-19(26)24-9-2-3-10-24/h18H,2-17H2,1H3,(H,21,27). The van der Waals surface area contributed by atoms with Gasteiger partial charge in [-0.15, -0.1) is 0 Å². The summed E-state index contributed by atoms with van der Waals surface area (Å²) >= 11 is 0. The molecule has 0 bridgehead atoms. The zero-order chi connectivity index (χ0) is 19.1. The van der Waals surface area contributed by atoms with E-state index in [1.807, 2.05) is 9.80 Å². The summed E-state index contributed by atoms with van der Waals surface area (Å²) in [5, 5.41) is 3.07. The highest BCUT2D eigenvalue weighted by Crippen LogP contribution is 2.15. The number of likely N-dealkylation sites (tertiary alicyclic amines) is 2. The van der Waals surface area contributed by atoms with Gasteiger partial charge in [0.15, 0.2) is 0 Å². The molecular formula is C20H37N5O2. The zero-order valence-electron chi connectivity index (χ0n) is 17.0. The van der Waals surface area contributed by atoms with Crippen molar-refractivity contribution < 1.29 is 9.59 Å². The monoisotopic (exact) mass is 379 g/mol. The lowest BCUT2D eigenvalue weighted by Gasteiger charge is -2.35. The second kappa shape index (κ2) is 10.3. The molecular weight excluding hydrogens is 342 g/mol. The molecule has 0 aromatic rings. The number of amides is 3. The number of hydrogen-bond acceptors (Lipinski definition) is 4. The van der Waals surface area contributed by atoms with Crippen molar-refractivity contribution in [1.82, 2.24) is 24.9 Å². The molecule has 1 N–H and O–H groups in total. The highest BCUT2D eigenvalue weighted by atomic mass is 16.2. The van der Waals surface area contributed by atoms with Crippen LogP contribution in [0.5, 0.6) is 0 Å². The Labute approximate surface area is 164 Å². The van der Waals surface area contributed by atoms with Gasteiger partial charge in [0, 0.05) is 45.8 Å². The van der Waals surface area contributed by atoms with E-state index in [9.17, 15) is 9.59 Å². The van der Waals surface area contributed by atoms with E-state index >= 15 is 0 Å².